The standard InChI is InChI=1S/C3H3N2O.CH3.Al.H/c1-3-4-2-5-6-3;;;/h1H3;1H3;;. The zero-order chi connectivity index (χ0) is 5.98. The predicted molar refractivity (Wildman–Crippen MR) is 31.7 cm³/mol. The van der Waals surface area contributed by atoms with E-state index in [-0.39, 0.29) is 15.2 Å². The van der Waals surface area contributed by atoms with Gasteiger partial charge in [-0.15, -0.1) is 5.79 Å². The Balaban J connectivity index is 2.84. The molecule has 0 fully saturated rings. The van der Waals surface area contributed by atoms with Crippen molar-refractivity contribution < 1.29 is 4.52 Å². The summed E-state index contributed by atoms with van der Waals surface area (Å²) in [5, 5.41) is 3.71. The van der Waals surface area contributed by atoms with Gasteiger partial charge < -0.3 is 4.52 Å². The number of hydrogen-bond acceptors (Lipinski definition) is 3. The normalized spacial score (nSPS) is 9.25. The summed E-state index contributed by atoms with van der Waals surface area (Å²) in [6, 6.07) is 0. The zero-order valence-electron chi connectivity index (χ0n) is 5.01. The van der Waals surface area contributed by atoms with Crippen molar-refractivity contribution in [3.8, 4) is 0 Å². The molecule has 1 aromatic rings. The number of nitrogens with zero attached hydrogens (tertiary/aromatic N) is 2. The Kier molecular flexibility index (Phi) is 1.66. The maximum Gasteiger partial charge on any atom is 0.347 e. The van der Waals surface area contributed by atoms with Crippen LogP contribution in [0.25, 0.3) is 0 Å². The molecule has 3 nitrogen and oxygen atoms in total. The van der Waals surface area contributed by atoms with E-state index in [9.17, 15) is 0 Å². The summed E-state index contributed by atoms with van der Waals surface area (Å²) < 4.78 is 5.65. The van der Waals surface area contributed by atoms with Gasteiger partial charge in [-0.25, -0.2) is 4.98 Å². The van der Waals surface area contributed by atoms with Crippen LogP contribution >= 0.6 is 0 Å². The summed E-state index contributed by atoms with van der Waals surface area (Å²) in [5.74, 6) is 2.80. The number of rotatable bonds is 1. The van der Waals surface area contributed by atoms with Crippen molar-refractivity contribution in [1.82, 2.24) is 10.1 Å². The first-order valence-electron chi connectivity index (χ1n) is 2.62. The summed E-state index contributed by atoms with van der Waals surface area (Å²) in [6.07, 6.45) is 0. The molecule has 1 aromatic heterocycles. The molecule has 0 spiro atoms. The molecule has 0 aliphatic carbocycles. The van der Waals surface area contributed by atoms with Crippen LogP contribution in [0, 0.1) is 6.92 Å². The zero-order valence-corrected chi connectivity index (χ0v) is 6.42. The summed E-state index contributed by atoms with van der Waals surface area (Å²) in [5.41, 5.74) is 0. The highest BCUT2D eigenvalue weighted by molar-refractivity contribution is 6.49. The molecule has 1 rings (SSSR count). The second kappa shape index (κ2) is 2.29. The maximum atomic E-state index is 4.73. The monoisotopic (exact) mass is 126 g/mol. The van der Waals surface area contributed by atoms with Crippen molar-refractivity contribution in [3.63, 3.8) is 0 Å². The van der Waals surface area contributed by atoms with Gasteiger partial charge in [-0.1, -0.05) is 5.16 Å². The fraction of sp³-hybridized carbons (Fsp3) is 0.500. The third-order valence-electron chi connectivity index (χ3n) is 0.886. The maximum absolute atomic E-state index is 4.73. The van der Waals surface area contributed by atoms with E-state index in [0.717, 1.165) is 4.69 Å². The molecule has 42 valence electrons. The van der Waals surface area contributed by atoms with Gasteiger partial charge in [0, 0.05) is 6.92 Å². The van der Waals surface area contributed by atoms with Crippen LogP contribution in [0.5, 0.6) is 0 Å². The van der Waals surface area contributed by atoms with Gasteiger partial charge in [-0.05, 0) is 0 Å². The predicted octanol–water partition coefficient (Wildman–Crippen LogP) is -0.512. The quantitative estimate of drug-likeness (QED) is 0.475. The van der Waals surface area contributed by atoms with Crippen molar-refractivity contribution in [1.29, 1.82) is 0 Å². The molecule has 0 bridgehead atoms. The SMILES string of the molecule is [CH3][AlH][c]1noc(C)n1. The highest BCUT2D eigenvalue weighted by Gasteiger charge is 1.97. The molecule has 8 heavy (non-hydrogen) atoms. The fourth-order valence-electron chi connectivity index (χ4n) is 0.485. The molecule has 0 unspecified atom stereocenters. The lowest BCUT2D eigenvalue weighted by atomic mass is 10.8. The first kappa shape index (κ1) is 5.80. The van der Waals surface area contributed by atoms with Crippen molar-refractivity contribution in [3.05, 3.63) is 5.89 Å². The van der Waals surface area contributed by atoms with Crippen LogP contribution < -0.4 is 4.69 Å². The van der Waals surface area contributed by atoms with E-state index in [2.05, 4.69) is 15.9 Å². The number of hydrogen-bond donors (Lipinski definition) is 0. The van der Waals surface area contributed by atoms with Crippen LogP contribution in [0.2, 0.25) is 5.79 Å². The van der Waals surface area contributed by atoms with Crippen molar-refractivity contribution in [2.45, 2.75) is 12.7 Å². The fourth-order valence-corrected chi connectivity index (χ4v) is 1.06. The Morgan fingerprint density at radius 2 is 2.38 bits per heavy atom. The van der Waals surface area contributed by atoms with Crippen LogP contribution in [0.15, 0.2) is 4.52 Å². The summed E-state index contributed by atoms with van der Waals surface area (Å²) in [7, 11) is 0. The summed E-state index contributed by atoms with van der Waals surface area (Å²) in [4.78, 5) is 4.01. The third kappa shape index (κ3) is 1.09. The van der Waals surface area contributed by atoms with Crippen molar-refractivity contribution >= 4 is 19.9 Å². The minimum Gasteiger partial charge on any atom is -0.341 e. The van der Waals surface area contributed by atoms with Crippen LogP contribution in [-0.2, 0) is 0 Å². The van der Waals surface area contributed by atoms with Gasteiger partial charge in [-0.2, -0.15) is 0 Å². The Morgan fingerprint density at radius 3 is 2.62 bits per heavy atom. The highest BCUT2D eigenvalue weighted by Crippen LogP contribution is 1.80. The molecule has 0 aromatic carbocycles. The molecule has 0 radical (unpaired) electrons. The first-order valence-corrected chi connectivity index (χ1v) is 4.74. The molecule has 0 saturated carbocycles. The smallest absolute Gasteiger partial charge is 0.341 e. The van der Waals surface area contributed by atoms with Crippen LogP contribution in [0.1, 0.15) is 5.89 Å². The van der Waals surface area contributed by atoms with E-state index < -0.39 is 0 Å². The van der Waals surface area contributed by atoms with Gasteiger partial charge in [0.25, 0.3) is 0 Å². The minimum atomic E-state index is -0.204. The van der Waals surface area contributed by atoms with Crippen molar-refractivity contribution in [2.24, 2.45) is 0 Å². The van der Waals surface area contributed by atoms with E-state index in [1.165, 1.54) is 0 Å². The molecule has 4 heteroatoms. The Hall–Kier alpha value is -0.328. The van der Waals surface area contributed by atoms with Gasteiger partial charge in [0.05, 0.1) is 4.69 Å². The largest absolute Gasteiger partial charge is 0.347 e. The van der Waals surface area contributed by atoms with Crippen LogP contribution in [0.3, 0.4) is 0 Å². The third-order valence-corrected chi connectivity index (χ3v) is 1.81. The Bertz CT molecular complexity index is 174. The second-order valence-electron chi connectivity index (χ2n) is 1.58. The Morgan fingerprint density at radius 1 is 1.62 bits per heavy atom. The lowest BCUT2D eigenvalue weighted by Crippen LogP contribution is -2.14. The van der Waals surface area contributed by atoms with Gasteiger partial charge in [0.1, 0.15) is 0 Å². The van der Waals surface area contributed by atoms with Gasteiger partial charge in [0.15, 0.2) is 0 Å². The van der Waals surface area contributed by atoms with E-state index >= 15 is 0 Å². The number of aryl methyl sites for hydroxylation is 1. The molecule has 1 heterocycles. The van der Waals surface area contributed by atoms with E-state index in [1.54, 1.807) is 6.92 Å². The lowest BCUT2D eigenvalue weighted by Gasteiger charge is -1.70. The van der Waals surface area contributed by atoms with Gasteiger partial charge >= 0.3 is 15.2 Å². The average Bonchev–Trinajstić information content (AvgIpc) is 2.14. The highest BCUT2D eigenvalue weighted by atomic mass is 27.1. The molecule has 0 saturated heterocycles. The molecule has 0 aliphatic rings. The van der Waals surface area contributed by atoms with E-state index in [4.69, 9.17) is 4.52 Å². The molecule has 0 aliphatic heterocycles. The topological polar surface area (TPSA) is 38.9 Å². The van der Waals surface area contributed by atoms with Crippen LogP contribution in [-0.4, -0.2) is 25.4 Å². The summed E-state index contributed by atoms with van der Waals surface area (Å²) in [6.45, 7) is 1.81. The molecule has 0 atom stereocenters. The Labute approximate surface area is 53.8 Å². The lowest BCUT2D eigenvalue weighted by molar-refractivity contribution is 0.396. The first-order chi connectivity index (χ1) is 3.83. The van der Waals surface area contributed by atoms with E-state index in [0.29, 0.717) is 5.89 Å². The molecule has 0 amide bonds. The summed E-state index contributed by atoms with van der Waals surface area (Å²) >= 11 is -0.204. The van der Waals surface area contributed by atoms with Gasteiger partial charge in [-0.3, -0.25) is 0 Å². The average molecular weight is 126 g/mol. The number of aromatic nitrogens is 2. The second-order valence-corrected chi connectivity index (χ2v) is 2.92. The molecule has 0 N–H and O–H groups in total. The van der Waals surface area contributed by atoms with Crippen molar-refractivity contribution in [2.75, 3.05) is 0 Å². The minimum absolute atomic E-state index is 0.204. The van der Waals surface area contributed by atoms with Gasteiger partial charge in [0.2, 0.25) is 5.89 Å². The van der Waals surface area contributed by atoms with E-state index in [1.807, 2.05) is 0 Å². The molecular formula is C4H7AlN2O. The molecular weight excluding hydrogens is 119 g/mol. The van der Waals surface area contributed by atoms with Crippen LogP contribution in [0.4, 0.5) is 0 Å².